The number of aryl methyl sites for hydroxylation is 2. The second-order valence-electron chi connectivity index (χ2n) is 6.23. The minimum atomic E-state index is -1.01. The Balaban J connectivity index is 2.10. The number of benzene rings is 2. The number of rotatable bonds is 3. The van der Waals surface area contributed by atoms with Crippen LogP contribution in [0.4, 0.5) is 0 Å². The molecule has 0 atom stereocenters. The van der Waals surface area contributed by atoms with E-state index >= 15 is 0 Å². The second-order valence-corrected chi connectivity index (χ2v) is 6.23. The van der Waals surface area contributed by atoms with Crippen molar-refractivity contribution in [2.24, 2.45) is 0 Å². The van der Waals surface area contributed by atoms with Crippen LogP contribution in [0.1, 0.15) is 36.1 Å². The van der Waals surface area contributed by atoms with Gasteiger partial charge in [0.05, 0.1) is 6.04 Å². The molecule has 2 aromatic carbocycles. The number of hydrogen-bond acceptors (Lipinski definition) is 2. The van der Waals surface area contributed by atoms with Crippen molar-refractivity contribution < 1.29 is 9.63 Å². The van der Waals surface area contributed by atoms with E-state index < -0.39 is 5.60 Å². The van der Waals surface area contributed by atoms with Crippen LogP contribution in [0, 0.1) is 13.8 Å². The molecule has 1 aliphatic rings. The second kappa shape index (κ2) is 5.25. The van der Waals surface area contributed by atoms with Gasteiger partial charge in [0.2, 0.25) is 5.60 Å². The van der Waals surface area contributed by atoms with Gasteiger partial charge in [-0.15, -0.1) is 0 Å². The molecule has 1 heterocycles. The van der Waals surface area contributed by atoms with Crippen molar-refractivity contribution in [2.45, 2.75) is 39.3 Å². The highest BCUT2D eigenvalue weighted by Crippen LogP contribution is 2.44. The first-order valence-corrected chi connectivity index (χ1v) is 7.62. The Bertz CT molecular complexity index is 641. The number of amides is 1. The fourth-order valence-corrected chi connectivity index (χ4v) is 2.78. The standard InChI is InChI=1S/C19H21NO2/c1-13(2)20-18(21)19(22-20,16-9-5-14(3)6-10-16)17-11-7-15(4)8-12-17/h5-13H,1-4H3. The summed E-state index contributed by atoms with van der Waals surface area (Å²) in [5, 5.41) is 1.46. The number of hydrogen-bond donors (Lipinski definition) is 0. The van der Waals surface area contributed by atoms with E-state index in [1.807, 2.05) is 76.2 Å². The maximum atomic E-state index is 12.9. The van der Waals surface area contributed by atoms with E-state index in [1.54, 1.807) is 0 Å². The summed E-state index contributed by atoms with van der Waals surface area (Å²) in [6.45, 7) is 7.97. The Morgan fingerprint density at radius 2 is 1.27 bits per heavy atom. The van der Waals surface area contributed by atoms with Crippen LogP contribution in [0.2, 0.25) is 0 Å². The van der Waals surface area contributed by atoms with Crippen LogP contribution in [0.3, 0.4) is 0 Å². The van der Waals surface area contributed by atoms with E-state index in [0.29, 0.717) is 0 Å². The van der Waals surface area contributed by atoms with E-state index in [0.717, 1.165) is 22.3 Å². The van der Waals surface area contributed by atoms with Crippen molar-refractivity contribution in [3.05, 3.63) is 70.8 Å². The van der Waals surface area contributed by atoms with E-state index in [-0.39, 0.29) is 11.9 Å². The van der Waals surface area contributed by atoms with Gasteiger partial charge < -0.3 is 0 Å². The highest BCUT2D eigenvalue weighted by atomic mass is 16.7. The van der Waals surface area contributed by atoms with Gasteiger partial charge in [0.15, 0.2) is 0 Å². The Morgan fingerprint density at radius 3 is 1.59 bits per heavy atom. The van der Waals surface area contributed by atoms with Crippen LogP contribution >= 0.6 is 0 Å². The van der Waals surface area contributed by atoms with Gasteiger partial charge in [0, 0.05) is 11.1 Å². The predicted molar refractivity (Wildman–Crippen MR) is 86.2 cm³/mol. The van der Waals surface area contributed by atoms with Gasteiger partial charge in [0.1, 0.15) is 0 Å². The van der Waals surface area contributed by atoms with Crippen molar-refractivity contribution in [3.8, 4) is 0 Å². The Morgan fingerprint density at radius 1 is 0.864 bits per heavy atom. The Kier molecular flexibility index (Phi) is 3.53. The molecule has 3 rings (SSSR count). The highest BCUT2D eigenvalue weighted by Gasteiger charge is 2.58. The fourth-order valence-electron chi connectivity index (χ4n) is 2.78. The third-order valence-corrected chi connectivity index (χ3v) is 4.12. The zero-order valence-corrected chi connectivity index (χ0v) is 13.5. The van der Waals surface area contributed by atoms with Crippen LogP contribution in [0.15, 0.2) is 48.5 Å². The van der Waals surface area contributed by atoms with Crippen LogP contribution in [0.25, 0.3) is 0 Å². The predicted octanol–water partition coefficient (Wildman–Crippen LogP) is 3.73. The van der Waals surface area contributed by atoms with Crippen molar-refractivity contribution >= 4 is 5.91 Å². The van der Waals surface area contributed by atoms with Crippen molar-refractivity contribution in [2.75, 3.05) is 0 Å². The summed E-state index contributed by atoms with van der Waals surface area (Å²) in [6, 6.07) is 16.0. The maximum absolute atomic E-state index is 12.9. The van der Waals surface area contributed by atoms with E-state index in [9.17, 15) is 4.79 Å². The lowest BCUT2D eigenvalue weighted by Crippen LogP contribution is -2.64. The molecule has 0 unspecified atom stereocenters. The minimum absolute atomic E-state index is 0.00444. The average molecular weight is 295 g/mol. The number of nitrogens with zero attached hydrogens (tertiary/aromatic N) is 1. The average Bonchev–Trinajstić information content (AvgIpc) is 2.49. The monoisotopic (exact) mass is 295 g/mol. The SMILES string of the molecule is Cc1ccc(C2(c3ccc(C)cc3)ON(C(C)C)C2=O)cc1. The van der Waals surface area contributed by atoms with E-state index in [4.69, 9.17) is 4.84 Å². The molecule has 114 valence electrons. The van der Waals surface area contributed by atoms with Crippen molar-refractivity contribution in [1.82, 2.24) is 5.06 Å². The summed E-state index contributed by atoms with van der Waals surface area (Å²) in [5.74, 6) is -0.00444. The van der Waals surface area contributed by atoms with Crippen molar-refractivity contribution in [3.63, 3.8) is 0 Å². The number of carbonyl (C=O) groups is 1. The third kappa shape index (κ3) is 2.13. The van der Waals surface area contributed by atoms with Crippen molar-refractivity contribution in [1.29, 1.82) is 0 Å². The van der Waals surface area contributed by atoms with Gasteiger partial charge in [-0.25, -0.2) is 9.90 Å². The summed E-state index contributed by atoms with van der Waals surface area (Å²) in [6.07, 6.45) is 0. The molecule has 1 fully saturated rings. The van der Waals surface area contributed by atoms with Crippen LogP contribution in [-0.2, 0) is 15.2 Å². The summed E-state index contributed by atoms with van der Waals surface area (Å²) in [7, 11) is 0. The minimum Gasteiger partial charge on any atom is -0.268 e. The number of hydroxylamine groups is 2. The molecule has 1 saturated heterocycles. The largest absolute Gasteiger partial charge is 0.290 e. The lowest BCUT2D eigenvalue weighted by atomic mass is 9.82. The highest BCUT2D eigenvalue weighted by molar-refractivity contribution is 5.93. The summed E-state index contributed by atoms with van der Waals surface area (Å²) in [5.41, 5.74) is 3.07. The molecule has 22 heavy (non-hydrogen) atoms. The van der Waals surface area contributed by atoms with Gasteiger partial charge in [-0.3, -0.25) is 4.79 Å². The molecule has 0 radical (unpaired) electrons. The molecular weight excluding hydrogens is 274 g/mol. The Hall–Kier alpha value is -2.13. The van der Waals surface area contributed by atoms with Crippen LogP contribution < -0.4 is 0 Å². The maximum Gasteiger partial charge on any atom is 0.290 e. The molecule has 3 heteroatoms. The topological polar surface area (TPSA) is 29.5 Å². The smallest absolute Gasteiger partial charge is 0.268 e. The van der Waals surface area contributed by atoms with E-state index in [1.165, 1.54) is 5.06 Å². The molecule has 3 nitrogen and oxygen atoms in total. The zero-order chi connectivity index (χ0) is 15.9. The summed E-state index contributed by atoms with van der Waals surface area (Å²) >= 11 is 0. The van der Waals surface area contributed by atoms with Gasteiger partial charge >= 0.3 is 0 Å². The molecule has 1 amide bonds. The molecule has 0 N–H and O–H groups in total. The van der Waals surface area contributed by atoms with Crippen LogP contribution in [-0.4, -0.2) is 17.0 Å². The quantitative estimate of drug-likeness (QED) is 0.863. The summed E-state index contributed by atoms with van der Waals surface area (Å²) < 4.78 is 0. The molecule has 0 bridgehead atoms. The first-order chi connectivity index (χ1) is 10.4. The third-order valence-electron chi connectivity index (χ3n) is 4.12. The molecular formula is C19H21NO2. The molecule has 0 aromatic heterocycles. The van der Waals surface area contributed by atoms with Gasteiger partial charge in [-0.1, -0.05) is 59.7 Å². The van der Waals surface area contributed by atoms with Gasteiger partial charge in [-0.2, -0.15) is 0 Å². The van der Waals surface area contributed by atoms with Crippen LogP contribution in [0.5, 0.6) is 0 Å². The summed E-state index contributed by atoms with van der Waals surface area (Å²) in [4.78, 5) is 18.9. The van der Waals surface area contributed by atoms with Gasteiger partial charge in [0.25, 0.3) is 5.91 Å². The Labute approximate surface area is 131 Å². The first-order valence-electron chi connectivity index (χ1n) is 7.62. The fraction of sp³-hybridized carbons (Fsp3) is 0.316. The number of carbonyl (C=O) groups excluding carboxylic acids is 1. The first kappa shape index (κ1) is 14.8. The van der Waals surface area contributed by atoms with Gasteiger partial charge in [-0.05, 0) is 27.7 Å². The lowest BCUT2D eigenvalue weighted by molar-refractivity contribution is -0.310. The molecule has 0 saturated carbocycles. The molecule has 0 aliphatic carbocycles. The molecule has 0 spiro atoms. The lowest BCUT2D eigenvalue weighted by Gasteiger charge is -2.49. The zero-order valence-electron chi connectivity index (χ0n) is 13.5. The normalized spacial score (nSPS) is 16.8. The molecule has 2 aromatic rings. The molecule has 1 aliphatic heterocycles. The van der Waals surface area contributed by atoms with E-state index in [2.05, 4.69) is 0 Å².